The number of amides is 1. The molecule has 27 heavy (non-hydrogen) atoms. The lowest BCUT2D eigenvalue weighted by Crippen LogP contribution is -2.37. The van der Waals surface area contributed by atoms with Gasteiger partial charge >= 0.3 is 0 Å². The quantitative estimate of drug-likeness (QED) is 0.756. The van der Waals surface area contributed by atoms with Crippen LogP contribution in [-0.4, -0.2) is 57.2 Å². The van der Waals surface area contributed by atoms with E-state index in [1.54, 1.807) is 17.8 Å². The van der Waals surface area contributed by atoms with Crippen molar-refractivity contribution < 1.29 is 9.53 Å². The van der Waals surface area contributed by atoms with Crippen LogP contribution >= 0.6 is 0 Å². The van der Waals surface area contributed by atoms with E-state index < -0.39 is 0 Å². The van der Waals surface area contributed by atoms with Crippen LogP contribution in [0.4, 0.5) is 0 Å². The van der Waals surface area contributed by atoms with Gasteiger partial charge in [0.05, 0.1) is 0 Å². The monoisotopic (exact) mass is 370 g/mol. The van der Waals surface area contributed by atoms with Gasteiger partial charge < -0.3 is 15.0 Å². The molecular formula is C19H26N6O2. The minimum Gasteiger partial charge on any atom is -0.486 e. The Morgan fingerprint density at radius 2 is 2.11 bits per heavy atom. The molecule has 4 rings (SSSR count). The Kier molecular flexibility index (Phi) is 5.07. The fourth-order valence-corrected chi connectivity index (χ4v) is 3.60. The molecule has 2 heterocycles. The lowest BCUT2D eigenvalue weighted by atomic mass is 10.1. The zero-order valence-electron chi connectivity index (χ0n) is 15.7. The molecule has 1 N–H and O–H groups in total. The molecule has 0 unspecified atom stereocenters. The minimum absolute atomic E-state index is 0.0477. The van der Waals surface area contributed by atoms with E-state index in [2.05, 4.69) is 25.7 Å². The van der Waals surface area contributed by atoms with Crippen LogP contribution in [0.2, 0.25) is 0 Å². The highest BCUT2D eigenvalue weighted by Gasteiger charge is 2.44. The molecule has 2 fully saturated rings. The van der Waals surface area contributed by atoms with Crippen LogP contribution in [0, 0.1) is 5.41 Å². The summed E-state index contributed by atoms with van der Waals surface area (Å²) in [5.74, 6) is 1.21. The molecule has 1 amide bonds. The Morgan fingerprint density at radius 3 is 2.81 bits per heavy atom. The Balaban J connectivity index is 1.30. The first-order chi connectivity index (χ1) is 13.1. The number of ether oxygens (including phenoxy) is 1. The van der Waals surface area contributed by atoms with E-state index in [1.807, 2.05) is 18.2 Å². The van der Waals surface area contributed by atoms with Crippen LogP contribution in [0.3, 0.4) is 0 Å². The maximum absolute atomic E-state index is 12.6. The average Bonchev–Trinajstić information content (AvgIpc) is 3.03. The SMILES string of the molecule is Cn1nnnc1COc1cccc(C(=O)NCC2(CN3CCCC3)CC2)c1. The molecule has 2 aliphatic rings. The molecule has 0 spiro atoms. The maximum Gasteiger partial charge on any atom is 0.251 e. The predicted octanol–water partition coefficient (Wildman–Crippen LogP) is 1.39. The number of hydrogen-bond donors (Lipinski definition) is 1. The summed E-state index contributed by atoms with van der Waals surface area (Å²) in [5.41, 5.74) is 0.896. The van der Waals surface area contributed by atoms with Gasteiger partial charge in [0, 0.05) is 31.1 Å². The van der Waals surface area contributed by atoms with Crippen LogP contribution in [0.5, 0.6) is 5.75 Å². The summed E-state index contributed by atoms with van der Waals surface area (Å²) in [6, 6.07) is 7.23. The van der Waals surface area contributed by atoms with Crippen LogP contribution < -0.4 is 10.1 Å². The molecule has 144 valence electrons. The summed E-state index contributed by atoms with van der Waals surface area (Å²) < 4.78 is 7.28. The summed E-state index contributed by atoms with van der Waals surface area (Å²) in [5, 5.41) is 14.4. The molecule has 2 aromatic rings. The molecule has 1 aromatic carbocycles. The normalized spacial score (nSPS) is 18.4. The van der Waals surface area contributed by atoms with Gasteiger partial charge in [-0.1, -0.05) is 6.07 Å². The second-order valence-electron chi connectivity index (χ2n) is 7.70. The number of benzene rings is 1. The van der Waals surface area contributed by atoms with Crippen LogP contribution in [-0.2, 0) is 13.7 Å². The van der Waals surface area contributed by atoms with Crippen molar-refractivity contribution in [2.75, 3.05) is 26.2 Å². The summed E-state index contributed by atoms with van der Waals surface area (Å²) in [4.78, 5) is 15.1. The van der Waals surface area contributed by atoms with Gasteiger partial charge in [-0.25, -0.2) is 4.68 Å². The molecule has 8 heteroatoms. The molecular weight excluding hydrogens is 344 g/mol. The maximum atomic E-state index is 12.6. The van der Waals surface area contributed by atoms with Crippen molar-refractivity contribution in [3.63, 3.8) is 0 Å². The average molecular weight is 370 g/mol. The Labute approximate surface area is 158 Å². The third-order valence-electron chi connectivity index (χ3n) is 5.51. The van der Waals surface area contributed by atoms with Gasteiger partial charge in [0.15, 0.2) is 5.82 Å². The molecule has 1 aliphatic carbocycles. The summed E-state index contributed by atoms with van der Waals surface area (Å²) in [6.07, 6.45) is 5.02. The summed E-state index contributed by atoms with van der Waals surface area (Å²) in [6.45, 7) is 4.53. The smallest absolute Gasteiger partial charge is 0.251 e. The largest absolute Gasteiger partial charge is 0.486 e. The van der Waals surface area contributed by atoms with E-state index >= 15 is 0 Å². The van der Waals surface area contributed by atoms with Crippen LogP contribution in [0.15, 0.2) is 24.3 Å². The molecule has 8 nitrogen and oxygen atoms in total. The third kappa shape index (κ3) is 4.44. The molecule has 0 radical (unpaired) electrons. The topological polar surface area (TPSA) is 85.2 Å². The van der Waals surface area contributed by atoms with Crippen molar-refractivity contribution in [3.8, 4) is 5.75 Å². The predicted molar refractivity (Wildman–Crippen MR) is 99.2 cm³/mol. The second kappa shape index (κ2) is 7.64. The highest BCUT2D eigenvalue weighted by Crippen LogP contribution is 2.46. The van der Waals surface area contributed by atoms with Crippen molar-refractivity contribution in [3.05, 3.63) is 35.7 Å². The van der Waals surface area contributed by atoms with Gasteiger partial charge in [0.2, 0.25) is 0 Å². The van der Waals surface area contributed by atoms with Crippen molar-refractivity contribution in [2.24, 2.45) is 12.5 Å². The van der Waals surface area contributed by atoms with Gasteiger partial charge in [-0.15, -0.1) is 5.10 Å². The number of aromatic nitrogens is 4. The summed E-state index contributed by atoms with van der Waals surface area (Å²) in [7, 11) is 1.76. The Morgan fingerprint density at radius 1 is 1.30 bits per heavy atom. The standard InChI is InChI=1S/C19H26N6O2/c1-24-17(21-22-23-24)12-27-16-6-4-5-15(11-16)18(26)20-13-19(7-8-19)14-25-9-2-3-10-25/h4-6,11H,2-3,7-10,12-14H2,1H3,(H,20,26). The number of tetrazole rings is 1. The molecule has 0 atom stereocenters. The van der Waals surface area contributed by atoms with Crippen molar-refractivity contribution >= 4 is 5.91 Å². The van der Waals surface area contributed by atoms with Gasteiger partial charge in [0.1, 0.15) is 12.4 Å². The van der Waals surface area contributed by atoms with Crippen molar-refractivity contribution in [1.82, 2.24) is 30.4 Å². The van der Waals surface area contributed by atoms with Crippen LogP contribution in [0.1, 0.15) is 41.9 Å². The van der Waals surface area contributed by atoms with E-state index in [9.17, 15) is 4.79 Å². The first kappa shape index (κ1) is 17.9. The van der Waals surface area contributed by atoms with E-state index in [4.69, 9.17) is 4.74 Å². The second-order valence-corrected chi connectivity index (χ2v) is 7.70. The molecule has 1 saturated heterocycles. The summed E-state index contributed by atoms with van der Waals surface area (Å²) >= 11 is 0. The molecule has 1 aromatic heterocycles. The number of likely N-dealkylation sites (tertiary alicyclic amines) is 1. The number of carbonyl (C=O) groups is 1. The molecule has 1 saturated carbocycles. The highest BCUT2D eigenvalue weighted by atomic mass is 16.5. The number of carbonyl (C=O) groups excluding carboxylic acids is 1. The van der Waals surface area contributed by atoms with Gasteiger partial charge in [-0.2, -0.15) is 0 Å². The van der Waals surface area contributed by atoms with E-state index in [0.717, 1.165) is 13.1 Å². The number of aryl methyl sites for hydroxylation is 1. The van der Waals surface area contributed by atoms with Crippen LogP contribution in [0.25, 0.3) is 0 Å². The minimum atomic E-state index is -0.0477. The Hall–Kier alpha value is -2.48. The van der Waals surface area contributed by atoms with E-state index in [0.29, 0.717) is 17.1 Å². The lowest BCUT2D eigenvalue weighted by molar-refractivity contribution is 0.0939. The number of rotatable bonds is 8. The van der Waals surface area contributed by atoms with Crippen molar-refractivity contribution in [2.45, 2.75) is 32.3 Å². The molecule has 1 aliphatic heterocycles. The first-order valence-corrected chi connectivity index (χ1v) is 9.58. The molecule has 0 bridgehead atoms. The lowest BCUT2D eigenvalue weighted by Gasteiger charge is -2.23. The fraction of sp³-hybridized carbons (Fsp3) is 0.579. The third-order valence-corrected chi connectivity index (χ3v) is 5.51. The fourth-order valence-electron chi connectivity index (χ4n) is 3.60. The number of nitrogens with one attached hydrogen (secondary N) is 1. The van der Waals surface area contributed by atoms with Gasteiger partial charge in [-0.05, 0) is 67.4 Å². The number of hydrogen-bond acceptors (Lipinski definition) is 6. The van der Waals surface area contributed by atoms with E-state index in [1.165, 1.54) is 38.8 Å². The van der Waals surface area contributed by atoms with E-state index in [-0.39, 0.29) is 17.9 Å². The highest BCUT2D eigenvalue weighted by molar-refractivity contribution is 5.94. The van der Waals surface area contributed by atoms with Gasteiger partial charge in [-0.3, -0.25) is 4.79 Å². The Bertz CT molecular complexity index is 795. The van der Waals surface area contributed by atoms with Gasteiger partial charge in [0.25, 0.3) is 5.91 Å². The zero-order valence-corrected chi connectivity index (χ0v) is 15.7. The number of nitrogens with zero attached hydrogens (tertiary/aromatic N) is 5. The zero-order chi connectivity index (χ0) is 18.7. The van der Waals surface area contributed by atoms with Crippen molar-refractivity contribution in [1.29, 1.82) is 0 Å². The first-order valence-electron chi connectivity index (χ1n) is 9.58.